The van der Waals surface area contributed by atoms with Gasteiger partial charge in [-0.05, 0) is 53.8 Å². The molecule has 2 N–H and O–H groups in total. The van der Waals surface area contributed by atoms with Crippen molar-refractivity contribution in [1.82, 2.24) is 10.6 Å². The predicted octanol–water partition coefficient (Wildman–Crippen LogP) is 4.82. The summed E-state index contributed by atoms with van der Waals surface area (Å²) in [6.07, 6.45) is 4.43. The first-order valence-corrected chi connectivity index (χ1v) is 11.7. The van der Waals surface area contributed by atoms with Crippen LogP contribution >= 0.6 is 0 Å². The van der Waals surface area contributed by atoms with Crippen LogP contribution in [0.5, 0.6) is 11.5 Å². The fourth-order valence-electron chi connectivity index (χ4n) is 5.07. The number of ether oxygens (including phenoxy) is 2. The standard InChI is InChI=1S/C28H32N2O2/c1-31-26-14-13-20(16-27(26)32-24-17-22-10-5-6-11-23(22)18-24)19-30-25-12-7-15-29-28(25)21-8-3-2-4-9-21/h2-6,8-11,13-14,16,24-25,28-30H,7,12,15,17-19H2,1H3. The second kappa shape index (κ2) is 9.76. The summed E-state index contributed by atoms with van der Waals surface area (Å²) in [7, 11) is 1.71. The molecule has 2 aliphatic rings. The Kier molecular flexibility index (Phi) is 6.42. The van der Waals surface area contributed by atoms with Crippen LogP contribution in [0.1, 0.15) is 41.1 Å². The molecular formula is C28H32N2O2. The van der Waals surface area contributed by atoms with Crippen LogP contribution in [0.2, 0.25) is 0 Å². The number of rotatable bonds is 7. The molecule has 0 radical (unpaired) electrons. The van der Waals surface area contributed by atoms with E-state index in [1.807, 2.05) is 6.07 Å². The molecule has 0 aromatic heterocycles. The number of hydrogen-bond acceptors (Lipinski definition) is 4. The van der Waals surface area contributed by atoms with E-state index in [0.29, 0.717) is 12.1 Å². The molecule has 1 fully saturated rings. The van der Waals surface area contributed by atoms with Crippen molar-refractivity contribution in [3.8, 4) is 11.5 Å². The second-order valence-corrected chi connectivity index (χ2v) is 8.87. The summed E-state index contributed by atoms with van der Waals surface area (Å²) in [6.45, 7) is 1.88. The van der Waals surface area contributed by atoms with E-state index >= 15 is 0 Å². The highest BCUT2D eigenvalue weighted by atomic mass is 16.5. The molecule has 3 aromatic rings. The number of fused-ring (bicyclic) bond motifs is 1. The molecule has 2 unspecified atom stereocenters. The number of benzene rings is 3. The van der Waals surface area contributed by atoms with Crippen LogP contribution in [0.15, 0.2) is 72.8 Å². The maximum Gasteiger partial charge on any atom is 0.161 e. The molecule has 0 amide bonds. The van der Waals surface area contributed by atoms with Crippen LogP contribution in [0.25, 0.3) is 0 Å². The Bertz CT molecular complexity index is 1010. The first-order chi connectivity index (χ1) is 15.8. The van der Waals surface area contributed by atoms with E-state index in [-0.39, 0.29) is 6.10 Å². The molecule has 3 aromatic carbocycles. The number of nitrogens with one attached hydrogen (secondary N) is 2. The van der Waals surface area contributed by atoms with Crippen LogP contribution in [-0.4, -0.2) is 25.8 Å². The van der Waals surface area contributed by atoms with Gasteiger partial charge in [-0.1, -0.05) is 60.7 Å². The quantitative estimate of drug-likeness (QED) is 0.566. The van der Waals surface area contributed by atoms with E-state index in [1.165, 1.54) is 35.1 Å². The van der Waals surface area contributed by atoms with Gasteiger partial charge in [-0.2, -0.15) is 0 Å². The third-order valence-electron chi connectivity index (χ3n) is 6.72. The monoisotopic (exact) mass is 428 g/mol. The van der Waals surface area contributed by atoms with Crippen molar-refractivity contribution in [1.29, 1.82) is 0 Å². The number of piperidine rings is 1. The normalized spacial score (nSPS) is 20.7. The van der Waals surface area contributed by atoms with Crippen molar-refractivity contribution < 1.29 is 9.47 Å². The first kappa shape index (κ1) is 21.0. The van der Waals surface area contributed by atoms with Crippen molar-refractivity contribution in [2.45, 2.75) is 50.4 Å². The van der Waals surface area contributed by atoms with E-state index in [0.717, 1.165) is 37.4 Å². The van der Waals surface area contributed by atoms with Crippen LogP contribution in [0.4, 0.5) is 0 Å². The third-order valence-corrected chi connectivity index (χ3v) is 6.72. The second-order valence-electron chi connectivity index (χ2n) is 8.87. The van der Waals surface area contributed by atoms with Crippen LogP contribution < -0.4 is 20.1 Å². The summed E-state index contributed by atoms with van der Waals surface area (Å²) >= 11 is 0. The molecular weight excluding hydrogens is 396 g/mol. The zero-order valence-corrected chi connectivity index (χ0v) is 18.7. The molecule has 2 atom stereocenters. The number of hydrogen-bond donors (Lipinski definition) is 2. The molecule has 4 heteroatoms. The predicted molar refractivity (Wildman–Crippen MR) is 128 cm³/mol. The molecule has 0 bridgehead atoms. The number of methoxy groups -OCH3 is 1. The third kappa shape index (κ3) is 4.67. The zero-order valence-electron chi connectivity index (χ0n) is 18.7. The summed E-state index contributed by atoms with van der Waals surface area (Å²) in [5.74, 6) is 1.64. The van der Waals surface area contributed by atoms with Crippen LogP contribution in [-0.2, 0) is 19.4 Å². The summed E-state index contributed by atoms with van der Waals surface area (Å²) in [4.78, 5) is 0. The minimum atomic E-state index is 0.162. The van der Waals surface area contributed by atoms with E-state index in [2.05, 4.69) is 77.4 Å². The highest BCUT2D eigenvalue weighted by Crippen LogP contribution is 2.33. The molecule has 5 rings (SSSR count). The van der Waals surface area contributed by atoms with Gasteiger partial charge in [0.25, 0.3) is 0 Å². The maximum absolute atomic E-state index is 6.44. The van der Waals surface area contributed by atoms with Gasteiger partial charge in [0, 0.05) is 31.5 Å². The summed E-state index contributed by atoms with van der Waals surface area (Å²) in [6, 6.07) is 26.4. The highest BCUT2D eigenvalue weighted by molar-refractivity contribution is 5.44. The van der Waals surface area contributed by atoms with E-state index in [1.54, 1.807) is 7.11 Å². The highest BCUT2D eigenvalue weighted by Gasteiger charge is 2.26. The Labute approximate surface area is 191 Å². The van der Waals surface area contributed by atoms with Gasteiger partial charge in [0.2, 0.25) is 0 Å². The van der Waals surface area contributed by atoms with Crippen molar-refractivity contribution >= 4 is 0 Å². The van der Waals surface area contributed by atoms with Gasteiger partial charge in [-0.3, -0.25) is 0 Å². The lowest BCUT2D eigenvalue weighted by Gasteiger charge is -2.34. The van der Waals surface area contributed by atoms with Gasteiger partial charge >= 0.3 is 0 Å². The van der Waals surface area contributed by atoms with E-state index < -0.39 is 0 Å². The Morgan fingerprint density at radius 2 is 1.66 bits per heavy atom. The van der Waals surface area contributed by atoms with Gasteiger partial charge < -0.3 is 20.1 Å². The zero-order chi connectivity index (χ0) is 21.8. The fourth-order valence-corrected chi connectivity index (χ4v) is 5.07. The molecule has 1 aliphatic carbocycles. The maximum atomic E-state index is 6.44. The summed E-state index contributed by atoms with van der Waals surface area (Å²) < 4.78 is 12.0. The van der Waals surface area contributed by atoms with E-state index in [4.69, 9.17) is 9.47 Å². The van der Waals surface area contributed by atoms with Crippen molar-refractivity contribution in [2.24, 2.45) is 0 Å². The molecule has 32 heavy (non-hydrogen) atoms. The fraction of sp³-hybridized carbons (Fsp3) is 0.357. The van der Waals surface area contributed by atoms with Crippen molar-refractivity contribution in [2.75, 3.05) is 13.7 Å². The lowest BCUT2D eigenvalue weighted by Crippen LogP contribution is -2.45. The van der Waals surface area contributed by atoms with E-state index in [9.17, 15) is 0 Å². The molecule has 4 nitrogen and oxygen atoms in total. The SMILES string of the molecule is COc1ccc(CNC2CCCNC2c2ccccc2)cc1OC1Cc2ccccc2C1. The van der Waals surface area contributed by atoms with Crippen LogP contribution in [0, 0.1) is 0 Å². The minimum absolute atomic E-state index is 0.162. The van der Waals surface area contributed by atoms with Gasteiger partial charge in [0.1, 0.15) is 6.10 Å². The lowest BCUT2D eigenvalue weighted by molar-refractivity contribution is 0.204. The topological polar surface area (TPSA) is 42.5 Å². The first-order valence-electron chi connectivity index (χ1n) is 11.7. The Morgan fingerprint density at radius 1 is 0.906 bits per heavy atom. The van der Waals surface area contributed by atoms with Crippen LogP contribution in [0.3, 0.4) is 0 Å². The minimum Gasteiger partial charge on any atom is -0.493 e. The van der Waals surface area contributed by atoms with Gasteiger partial charge in [-0.25, -0.2) is 0 Å². The van der Waals surface area contributed by atoms with Crippen molar-refractivity contribution in [3.05, 3.63) is 95.1 Å². The summed E-state index contributed by atoms with van der Waals surface area (Å²) in [5.41, 5.74) is 5.36. The lowest BCUT2D eigenvalue weighted by atomic mass is 9.92. The summed E-state index contributed by atoms with van der Waals surface area (Å²) in [5, 5.41) is 7.50. The molecule has 166 valence electrons. The van der Waals surface area contributed by atoms with Gasteiger partial charge in [0.05, 0.1) is 7.11 Å². The Hall–Kier alpha value is -2.82. The average Bonchev–Trinajstić information content (AvgIpc) is 3.26. The molecule has 0 saturated carbocycles. The Balaban J connectivity index is 1.26. The molecule has 0 spiro atoms. The van der Waals surface area contributed by atoms with Crippen molar-refractivity contribution in [3.63, 3.8) is 0 Å². The Morgan fingerprint density at radius 3 is 2.41 bits per heavy atom. The molecule has 1 heterocycles. The molecule has 1 saturated heterocycles. The van der Waals surface area contributed by atoms with Gasteiger partial charge in [0.15, 0.2) is 11.5 Å². The largest absolute Gasteiger partial charge is 0.493 e. The molecule has 1 aliphatic heterocycles. The smallest absolute Gasteiger partial charge is 0.161 e. The average molecular weight is 429 g/mol. The van der Waals surface area contributed by atoms with Gasteiger partial charge in [-0.15, -0.1) is 0 Å².